The molecule has 12 nitrogen and oxygen atoms in total. The number of unbranched alkanes of at least 4 members (excludes halogenated alkanes) is 1. The molecule has 0 radical (unpaired) electrons. The Morgan fingerprint density at radius 2 is 1.56 bits per heavy atom. The third-order valence-corrected chi connectivity index (χ3v) is 10.3. The smallest absolute Gasteiger partial charge is 0.408 e. The van der Waals surface area contributed by atoms with Gasteiger partial charge in [-0.1, -0.05) is 84.7 Å². The van der Waals surface area contributed by atoms with Crippen LogP contribution in [0, 0.1) is 28.6 Å². The minimum Gasteiger partial charge on any atom is -0.444 e. The van der Waals surface area contributed by atoms with E-state index in [9.17, 15) is 33.6 Å². The van der Waals surface area contributed by atoms with Crippen molar-refractivity contribution in [3.8, 4) is 0 Å². The van der Waals surface area contributed by atoms with Gasteiger partial charge in [0.15, 0.2) is 11.6 Å². The van der Waals surface area contributed by atoms with Crippen molar-refractivity contribution in [3.63, 3.8) is 0 Å². The Bertz CT molecular complexity index is 1510. The first-order valence-electron chi connectivity index (χ1n) is 18.5. The summed E-state index contributed by atoms with van der Waals surface area (Å²) >= 11 is 0. The van der Waals surface area contributed by atoms with Crippen LogP contribution in [0.15, 0.2) is 30.3 Å². The number of alkyl carbamates (subject to hydrolysis) is 1. The van der Waals surface area contributed by atoms with Crippen LogP contribution in [0.4, 0.5) is 4.79 Å². The van der Waals surface area contributed by atoms with Crippen molar-refractivity contribution in [2.45, 2.75) is 125 Å². The van der Waals surface area contributed by atoms with Crippen LogP contribution in [0.25, 0.3) is 0 Å². The van der Waals surface area contributed by atoms with Gasteiger partial charge in [0.25, 0.3) is 0 Å². The average Bonchev–Trinajstić information content (AvgIpc) is 3.35. The zero-order chi connectivity index (χ0) is 39.3. The largest absolute Gasteiger partial charge is 0.444 e. The monoisotopic (exact) mass is 724 g/mol. The minimum atomic E-state index is -0.974. The number of likely N-dealkylation sites (tertiary alicyclic amines) is 1. The number of likely N-dealkylation sites (N-methyl/N-ethyl adjacent to an activating group) is 1. The third kappa shape index (κ3) is 10.5. The molecule has 52 heavy (non-hydrogen) atoms. The summed E-state index contributed by atoms with van der Waals surface area (Å²) in [4.78, 5) is 96.9. The molecule has 1 saturated carbocycles. The summed E-state index contributed by atoms with van der Waals surface area (Å²) < 4.78 is 5.45. The van der Waals surface area contributed by atoms with E-state index in [0.29, 0.717) is 24.9 Å². The molecule has 2 fully saturated rings. The molecule has 1 aliphatic carbocycles. The van der Waals surface area contributed by atoms with Crippen molar-refractivity contribution in [2.75, 3.05) is 20.6 Å². The van der Waals surface area contributed by atoms with Crippen molar-refractivity contribution >= 4 is 41.2 Å². The first-order chi connectivity index (χ1) is 24.0. The van der Waals surface area contributed by atoms with Gasteiger partial charge in [0.1, 0.15) is 17.7 Å². The lowest BCUT2D eigenvalue weighted by Crippen LogP contribution is -2.58. The van der Waals surface area contributed by atoms with E-state index in [1.807, 2.05) is 27.7 Å². The van der Waals surface area contributed by atoms with Crippen molar-refractivity contribution in [1.29, 1.82) is 0 Å². The molecule has 4 amide bonds. The molecule has 2 aliphatic rings. The molecule has 1 saturated heterocycles. The van der Waals surface area contributed by atoms with Crippen molar-refractivity contribution in [3.05, 3.63) is 35.9 Å². The molecule has 6 atom stereocenters. The molecule has 1 unspecified atom stereocenters. The molecule has 0 bridgehead atoms. The number of ketones is 3. The van der Waals surface area contributed by atoms with E-state index in [1.165, 1.54) is 4.90 Å². The second kappa shape index (κ2) is 16.7. The summed E-state index contributed by atoms with van der Waals surface area (Å²) in [5.41, 5.74) is -1.08. The Morgan fingerprint density at radius 3 is 2.10 bits per heavy atom. The molecule has 288 valence electrons. The molecule has 0 aromatic heterocycles. The Kier molecular flexibility index (Phi) is 13.6. The number of benzene rings is 1. The molecule has 2 N–H and O–H groups in total. The maximum Gasteiger partial charge on any atom is 0.408 e. The number of rotatable bonds is 16. The van der Waals surface area contributed by atoms with E-state index in [0.717, 1.165) is 6.42 Å². The molecule has 0 spiro atoms. The molecular formula is C40H60N4O8. The SMILES string of the molecule is CCCCC(CC(=O)[C@@H]1[C@@H]2[C@H](CN1C(=O)[C@@H](NC(=O)OC(C)(C)C)C(C)(C)C)C2(C)C)C(=O)C(=O)CCC(=O)N[C@H](C(=O)N(C)C)c1ccccc1. The number of Topliss-reactive ketones (excluding diaryl/α,β-unsaturated/α-hetero) is 3. The van der Waals surface area contributed by atoms with Gasteiger partial charge in [0.2, 0.25) is 23.5 Å². The zero-order valence-corrected chi connectivity index (χ0v) is 33.0. The van der Waals surface area contributed by atoms with Gasteiger partial charge in [0, 0.05) is 45.8 Å². The van der Waals surface area contributed by atoms with Crippen LogP contribution in [0.5, 0.6) is 0 Å². The van der Waals surface area contributed by atoms with Crippen molar-refractivity contribution in [1.82, 2.24) is 20.4 Å². The zero-order valence-electron chi connectivity index (χ0n) is 33.0. The first kappa shape index (κ1) is 42.3. The van der Waals surface area contributed by atoms with E-state index in [2.05, 4.69) is 24.5 Å². The average molecular weight is 725 g/mol. The standard InChI is InChI=1S/C40H60N4O8/c1-12-13-17-25(33(48)27(45)20-21-29(47)41-31(35(49)43(10)11)24-18-15-14-16-19-24)22-28(46)32-30-26(40(30,8)9)23-44(32)36(50)34(38(2,3)4)42-37(51)52-39(5,6)7/h14-16,18-19,25-26,30-32,34H,12-13,17,20-23H2,1-11H3,(H,41,47)(H,42,51)/t25?,26-,30-,31-,32+,34+/m0/s1. The number of piperidine rings is 1. The predicted molar refractivity (Wildman–Crippen MR) is 197 cm³/mol. The molecule has 1 aromatic rings. The molecular weight excluding hydrogens is 664 g/mol. The highest BCUT2D eigenvalue weighted by Gasteiger charge is 2.69. The number of carbonyl (C=O) groups excluding carboxylic acids is 7. The van der Waals surface area contributed by atoms with E-state index in [-0.39, 0.29) is 54.1 Å². The van der Waals surface area contributed by atoms with Gasteiger partial charge in [-0.2, -0.15) is 0 Å². The maximum atomic E-state index is 14.2. The molecule has 1 aliphatic heterocycles. The Labute approximate surface area is 309 Å². The molecule has 12 heteroatoms. The first-order valence-corrected chi connectivity index (χ1v) is 18.5. The van der Waals surface area contributed by atoms with Crippen LogP contribution in [-0.2, 0) is 33.5 Å². The fraction of sp³-hybridized carbons (Fsp3) is 0.675. The van der Waals surface area contributed by atoms with Crippen LogP contribution in [0.2, 0.25) is 0 Å². The second-order valence-electron chi connectivity index (χ2n) is 17.3. The maximum absolute atomic E-state index is 14.2. The number of ether oxygens (including phenoxy) is 1. The summed E-state index contributed by atoms with van der Waals surface area (Å²) in [6.45, 7) is 17.1. The highest BCUT2D eigenvalue weighted by atomic mass is 16.6. The van der Waals surface area contributed by atoms with Gasteiger partial charge in [0.05, 0.1) is 6.04 Å². The third-order valence-electron chi connectivity index (χ3n) is 10.3. The quantitative estimate of drug-likeness (QED) is 0.225. The predicted octanol–water partition coefficient (Wildman–Crippen LogP) is 5.04. The number of carbonyl (C=O) groups is 7. The normalized spacial score (nSPS) is 20.8. The highest BCUT2D eigenvalue weighted by Crippen LogP contribution is 2.65. The summed E-state index contributed by atoms with van der Waals surface area (Å²) in [5, 5.41) is 5.44. The molecule has 1 heterocycles. The lowest BCUT2D eigenvalue weighted by atomic mass is 9.83. The number of hydrogen-bond donors (Lipinski definition) is 2. The fourth-order valence-corrected chi connectivity index (χ4v) is 7.27. The molecule has 3 rings (SSSR count). The Hall–Kier alpha value is -4.09. The number of nitrogens with zero attached hydrogens (tertiary/aromatic N) is 2. The van der Waals surface area contributed by atoms with Crippen molar-refractivity contribution < 1.29 is 38.3 Å². The lowest BCUT2D eigenvalue weighted by Gasteiger charge is -2.38. The van der Waals surface area contributed by atoms with Crippen LogP contribution >= 0.6 is 0 Å². The number of fused-ring (bicyclic) bond motifs is 1. The summed E-state index contributed by atoms with van der Waals surface area (Å²) in [7, 11) is 3.17. The van der Waals surface area contributed by atoms with Crippen LogP contribution in [0.1, 0.15) is 112 Å². The number of hydrogen-bond acceptors (Lipinski definition) is 8. The van der Waals surface area contributed by atoms with E-state index < -0.39 is 58.6 Å². The van der Waals surface area contributed by atoms with E-state index >= 15 is 0 Å². The highest BCUT2D eigenvalue weighted by molar-refractivity contribution is 6.38. The summed E-state index contributed by atoms with van der Waals surface area (Å²) in [6, 6.07) is 6.03. The number of amides is 4. The lowest BCUT2D eigenvalue weighted by molar-refractivity contribution is -0.145. The van der Waals surface area contributed by atoms with Gasteiger partial charge < -0.3 is 25.2 Å². The molecule has 1 aromatic carbocycles. The van der Waals surface area contributed by atoms with Gasteiger partial charge >= 0.3 is 6.09 Å². The van der Waals surface area contributed by atoms with Gasteiger partial charge in [-0.15, -0.1) is 0 Å². The Morgan fingerprint density at radius 1 is 0.942 bits per heavy atom. The summed E-state index contributed by atoms with van der Waals surface area (Å²) in [5.74, 6) is -3.96. The van der Waals surface area contributed by atoms with E-state index in [4.69, 9.17) is 4.74 Å². The van der Waals surface area contributed by atoms with Gasteiger partial charge in [-0.25, -0.2) is 4.79 Å². The van der Waals surface area contributed by atoms with Crippen LogP contribution in [-0.4, -0.2) is 89.3 Å². The fourth-order valence-electron chi connectivity index (χ4n) is 7.27. The summed E-state index contributed by atoms with van der Waals surface area (Å²) in [6.07, 6.45) is 0.0574. The van der Waals surface area contributed by atoms with Gasteiger partial charge in [-0.05, 0) is 55.4 Å². The second-order valence-corrected chi connectivity index (χ2v) is 17.3. The van der Waals surface area contributed by atoms with E-state index in [1.54, 1.807) is 70.1 Å². The van der Waals surface area contributed by atoms with Gasteiger partial charge in [-0.3, -0.25) is 28.8 Å². The topological polar surface area (TPSA) is 159 Å². The van der Waals surface area contributed by atoms with Crippen LogP contribution < -0.4 is 10.6 Å². The number of nitrogens with one attached hydrogen (secondary N) is 2. The Balaban J connectivity index is 1.76. The minimum absolute atomic E-state index is 0.0802. The van der Waals surface area contributed by atoms with Crippen LogP contribution in [0.3, 0.4) is 0 Å². The van der Waals surface area contributed by atoms with Crippen molar-refractivity contribution in [2.24, 2.45) is 28.6 Å².